The Kier molecular flexibility index (Phi) is 3.86. The quantitative estimate of drug-likeness (QED) is 0.608. The van der Waals surface area contributed by atoms with Gasteiger partial charge in [0.2, 0.25) is 5.78 Å². The maximum Gasteiger partial charge on any atom is 0.204 e. The van der Waals surface area contributed by atoms with Crippen LogP contribution in [0.1, 0.15) is 16.1 Å². The van der Waals surface area contributed by atoms with Crippen molar-refractivity contribution >= 4 is 11.9 Å². The molecule has 0 amide bonds. The Morgan fingerprint density at radius 1 is 1.22 bits per heavy atom. The summed E-state index contributed by atoms with van der Waals surface area (Å²) in [5.74, 6) is 0.654. The van der Waals surface area contributed by atoms with E-state index in [0.717, 1.165) is 11.3 Å². The number of benzene rings is 1. The number of hydrogen-bond donors (Lipinski definition) is 0. The molecule has 0 saturated carbocycles. The standard InChI is InChI=1S/C15H13NO2/c1-18-13-6-4-5-12(11-13)8-9-15(17)14-7-2-3-10-16-14/h2-11H,1H3/b9-8-. The molecule has 1 heterocycles. The second-order valence-corrected chi connectivity index (χ2v) is 3.69. The first-order chi connectivity index (χ1) is 8.79. The summed E-state index contributed by atoms with van der Waals surface area (Å²) in [4.78, 5) is 15.8. The zero-order chi connectivity index (χ0) is 12.8. The summed E-state index contributed by atoms with van der Waals surface area (Å²) < 4.78 is 5.12. The Morgan fingerprint density at radius 3 is 2.83 bits per heavy atom. The van der Waals surface area contributed by atoms with Crippen molar-refractivity contribution in [1.82, 2.24) is 4.98 Å². The second-order valence-electron chi connectivity index (χ2n) is 3.69. The van der Waals surface area contributed by atoms with Crippen LogP contribution in [0.2, 0.25) is 0 Å². The van der Waals surface area contributed by atoms with Crippen LogP contribution in [-0.2, 0) is 0 Å². The van der Waals surface area contributed by atoms with Crippen LogP contribution >= 0.6 is 0 Å². The third-order valence-electron chi connectivity index (χ3n) is 2.44. The number of rotatable bonds is 4. The Morgan fingerprint density at radius 2 is 2.11 bits per heavy atom. The number of hydrogen-bond acceptors (Lipinski definition) is 3. The molecule has 0 aliphatic heterocycles. The number of aromatic nitrogens is 1. The Hall–Kier alpha value is -2.42. The normalized spacial score (nSPS) is 10.5. The summed E-state index contributed by atoms with van der Waals surface area (Å²) >= 11 is 0. The number of nitrogens with zero attached hydrogens (tertiary/aromatic N) is 1. The molecule has 0 saturated heterocycles. The number of carbonyl (C=O) groups excluding carboxylic acids is 1. The van der Waals surface area contributed by atoms with Crippen molar-refractivity contribution in [2.45, 2.75) is 0 Å². The van der Waals surface area contributed by atoms with Gasteiger partial charge in [0.1, 0.15) is 11.4 Å². The average Bonchev–Trinajstić information content (AvgIpc) is 2.46. The van der Waals surface area contributed by atoms with Crippen LogP contribution in [0.5, 0.6) is 5.75 Å². The van der Waals surface area contributed by atoms with Gasteiger partial charge >= 0.3 is 0 Å². The maximum atomic E-state index is 11.8. The lowest BCUT2D eigenvalue weighted by Gasteiger charge is -1.99. The number of carbonyl (C=O) groups is 1. The molecule has 90 valence electrons. The van der Waals surface area contributed by atoms with Gasteiger partial charge in [-0.3, -0.25) is 9.78 Å². The molecule has 2 aromatic rings. The van der Waals surface area contributed by atoms with E-state index in [1.165, 1.54) is 6.08 Å². The summed E-state index contributed by atoms with van der Waals surface area (Å²) in [6.07, 6.45) is 4.86. The van der Waals surface area contributed by atoms with Crippen molar-refractivity contribution in [2.24, 2.45) is 0 Å². The monoisotopic (exact) mass is 239 g/mol. The molecule has 0 atom stereocenters. The van der Waals surface area contributed by atoms with Gasteiger partial charge in [0.05, 0.1) is 7.11 Å². The highest BCUT2D eigenvalue weighted by atomic mass is 16.5. The molecule has 1 aromatic carbocycles. The number of methoxy groups -OCH3 is 1. The lowest BCUT2D eigenvalue weighted by molar-refractivity contribution is 0.104. The van der Waals surface area contributed by atoms with Gasteiger partial charge in [0, 0.05) is 6.20 Å². The summed E-state index contributed by atoms with van der Waals surface area (Å²) in [6, 6.07) is 12.8. The highest BCUT2D eigenvalue weighted by molar-refractivity contribution is 6.05. The van der Waals surface area contributed by atoms with Crippen molar-refractivity contribution < 1.29 is 9.53 Å². The van der Waals surface area contributed by atoms with Gasteiger partial charge in [-0.25, -0.2) is 0 Å². The molecule has 0 fully saturated rings. The maximum absolute atomic E-state index is 11.8. The number of ketones is 1. The van der Waals surface area contributed by atoms with E-state index in [-0.39, 0.29) is 5.78 Å². The van der Waals surface area contributed by atoms with E-state index in [1.54, 1.807) is 37.6 Å². The van der Waals surface area contributed by atoms with Crippen LogP contribution in [0.4, 0.5) is 0 Å². The van der Waals surface area contributed by atoms with Crippen LogP contribution < -0.4 is 4.74 Å². The van der Waals surface area contributed by atoms with E-state index in [1.807, 2.05) is 24.3 Å². The number of allylic oxidation sites excluding steroid dienone is 1. The molecule has 2 rings (SSSR count). The van der Waals surface area contributed by atoms with Crippen LogP contribution in [-0.4, -0.2) is 17.9 Å². The van der Waals surface area contributed by atoms with Crippen LogP contribution in [0.15, 0.2) is 54.7 Å². The van der Waals surface area contributed by atoms with Crippen molar-refractivity contribution in [1.29, 1.82) is 0 Å². The fourth-order valence-corrected chi connectivity index (χ4v) is 1.51. The average molecular weight is 239 g/mol. The lowest BCUT2D eigenvalue weighted by Crippen LogP contribution is -1.96. The summed E-state index contributed by atoms with van der Waals surface area (Å²) in [6.45, 7) is 0. The van der Waals surface area contributed by atoms with E-state index in [0.29, 0.717) is 5.69 Å². The van der Waals surface area contributed by atoms with E-state index in [4.69, 9.17) is 4.74 Å². The van der Waals surface area contributed by atoms with E-state index in [2.05, 4.69) is 4.98 Å². The fourth-order valence-electron chi connectivity index (χ4n) is 1.51. The van der Waals surface area contributed by atoms with Gasteiger partial charge in [-0.1, -0.05) is 24.3 Å². The predicted molar refractivity (Wildman–Crippen MR) is 70.6 cm³/mol. The molecule has 0 spiro atoms. The lowest BCUT2D eigenvalue weighted by atomic mass is 10.1. The van der Waals surface area contributed by atoms with Gasteiger partial charge in [-0.2, -0.15) is 0 Å². The summed E-state index contributed by atoms with van der Waals surface area (Å²) in [5.41, 5.74) is 1.36. The molecule has 0 aliphatic carbocycles. The van der Waals surface area contributed by atoms with Crippen molar-refractivity contribution in [3.63, 3.8) is 0 Å². The minimum atomic E-state index is -0.113. The molecule has 0 bridgehead atoms. The molecule has 0 aliphatic rings. The van der Waals surface area contributed by atoms with Gasteiger partial charge in [0.25, 0.3) is 0 Å². The second kappa shape index (κ2) is 5.77. The third-order valence-corrected chi connectivity index (χ3v) is 2.44. The smallest absolute Gasteiger partial charge is 0.204 e. The predicted octanol–water partition coefficient (Wildman–Crippen LogP) is 2.99. The molecular weight excluding hydrogens is 226 g/mol. The molecule has 18 heavy (non-hydrogen) atoms. The Balaban J connectivity index is 2.13. The molecule has 3 heteroatoms. The molecule has 1 aromatic heterocycles. The van der Waals surface area contributed by atoms with Crippen molar-refractivity contribution in [3.05, 3.63) is 66.0 Å². The van der Waals surface area contributed by atoms with Gasteiger partial charge in [-0.15, -0.1) is 0 Å². The van der Waals surface area contributed by atoms with Crippen LogP contribution in [0.3, 0.4) is 0 Å². The zero-order valence-electron chi connectivity index (χ0n) is 10.0. The molecule has 0 radical (unpaired) electrons. The Bertz CT molecular complexity index is 562. The molecule has 0 unspecified atom stereocenters. The summed E-state index contributed by atoms with van der Waals surface area (Å²) in [5, 5.41) is 0. The largest absolute Gasteiger partial charge is 0.497 e. The van der Waals surface area contributed by atoms with Crippen LogP contribution in [0.25, 0.3) is 6.08 Å². The number of ether oxygens (including phenoxy) is 1. The van der Waals surface area contributed by atoms with Crippen LogP contribution in [0, 0.1) is 0 Å². The van der Waals surface area contributed by atoms with Crippen molar-refractivity contribution in [3.8, 4) is 5.75 Å². The van der Waals surface area contributed by atoms with E-state index >= 15 is 0 Å². The minimum Gasteiger partial charge on any atom is -0.497 e. The summed E-state index contributed by atoms with van der Waals surface area (Å²) in [7, 11) is 1.61. The third kappa shape index (κ3) is 3.04. The first-order valence-corrected chi connectivity index (χ1v) is 5.57. The van der Waals surface area contributed by atoms with Gasteiger partial charge in [0.15, 0.2) is 0 Å². The highest BCUT2D eigenvalue weighted by Crippen LogP contribution is 2.13. The Labute approximate surface area is 106 Å². The first-order valence-electron chi connectivity index (χ1n) is 5.57. The molecule has 0 N–H and O–H groups in total. The highest BCUT2D eigenvalue weighted by Gasteiger charge is 2.01. The van der Waals surface area contributed by atoms with Gasteiger partial charge < -0.3 is 4.74 Å². The van der Waals surface area contributed by atoms with Gasteiger partial charge in [-0.05, 0) is 35.9 Å². The van der Waals surface area contributed by atoms with Crippen molar-refractivity contribution in [2.75, 3.05) is 7.11 Å². The first kappa shape index (κ1) is 12.0. The topological polar surface area (TPSA) is 39.2 Å². The minimum absolute atomic E-state index is 0.113. The van der Waals surface area contributed by atoms with E-state index < -0.39 is 0 Å². The zero-order valence-corrected chi connectivity index (χ0v) is 10.0. The fraction of sp³-hybridized carbons (Fsp3) is 0.0667. The van der Waals surface area contributed by atoms with E-state index in [9.17, 15) is 4.79 Å². The molecular formula is C15H13NO2. The molecule has 3 nitrogen and oxygen atoms in total. The SMILES string of the molecule is COc1cccc(/C=C\C(=O)c2ccccn2)c1. The number of pyridine rings is 1.